The number of hydrogen-bond donors (Lipinski definition) is 1. The summed E-state index contributed by atoms with van der Waals surface area (Å²) in [6.45, 7) is 5.98. The van der Waals surface area contributed by atoms with Crippen molar-refractivity contribution in [3.63, 3.8) is 0 Å². The number of likely N-dealkylation sites (tertiary alicyclic amines) is 1. The average Bonchev–Trinajstić information content (AvgIpc) is 3.21. The van der Waals surface area contributed by atoms with Crippen LogP contribution >= 0.6 is 0 Å². The summed E-state index contributed by atoms with van der Waals surface area (Å²) in [6, 6.07) is 11.1. The van der Waals surface area contributed by atoms with Crippen LogP contribution in [0.5, 0.6) is 0 Å². The number of carboxylic acid groups (broad SMARTS) is 1. The van der Waals surface area contributed by atoms with Crippen molar-refractivity contribution in [2.45, 2.75) is 38.3 Å². The van der Waals surface area contributed by atoms with E-state index in [2.05, 4.69) is 20.8 Å². The molecule has 138 valence electrons. The van der Waals surface area contributed by atoms with Gasteiger partial charge in [0, 0.05) is 18.5 Å². The monoisotopic (exact) mass is 359 g/mol. The van der Waals surface area contributed by atoms with Gasteiger partial charge in [0.2, 0.25) is 5.67 Å². The van der Waals surface area contributed by atoms with Gasteiger partial charge in [0.25, 0.3) is 5.91 Å². The maximum atomic E-state index is 14.1. The van der Waals surface area contributed by atoms with Gasteiger partial charge in [-0.15, -0.1) is 0 Å². The lowest BCUT2D eigenvalue weighted by atomic mass is 9.86. The second-order valence-corrected chi connectivity index (χ2v) is 7.74. The Morgan fingerprint density at radius 3 is 2.35 bits per heavy atom. The number of rotatable bonds is 3. The number of aliphatic carboxylic acids is 1. The molecule has 2 aromatic rings. The van der Waals surface area contributed by atoms with Crippen LogP contribution in [0, 0.1) is 0 Å². The highest BCUT2D eigenvalue weighted by Gasteiger charge is 2.47. The second kappa shape index (κ2) is 6.27. The Balaban J connectivity index is 1.76. The fraction of sp³-hybridized carbons (Fsp3) is 0.400. The van der Waals surface area contributed by atoms with Crippen LogP contribution in [0.3, 0.4) is 0 Å². The SMILES string of the molecule is CC(C)(C)c1ccc(-c2ccc(C(=O)N3CCC(F)(C(=O)O)C3)o2)cc1. The largest absolute Gasteiger partial charge is 0.479 e. The predicted molar refractivity (Wildman–Crippen MR) is 94.8 cm³/mol. The lowest BCUT2D eigenvalue weighted by Crippen LogP contribution is -2.38. The molecule has 0 bridgehead atoms. The van der Waals surface area contributed by atoms with Crippen LogP contribution in [0.1, 0.15) is 43.3 Å². The molecular formula is C20H22FNO4. The van der Waals surface area contributed by atoms with Crippen LogP contribution in [0.4, 0.5) is 4.39 Å². The van der Waals surface area contributed by atoms with Gasteiger partial charge in [-0.2, -0.15) is 0 Å². The van der Waals surface area contributed by atoms with Crippen LogP contribution in [0.25, 0.3) is 11.3 Å². The molecular weight excluding hydrogens is 337 g/mol. The lowest BCUT2D eigenvalue weighted by Gasteiger charge is -2.18. The van der Waals surface area contributed by atoms with Crippen molar-refractivity contribution in [3.05, 3.63) is 47.7 Å². The molecule has 1 aromatic heterocycles. The third-order valence-electron chi connectivity index (χ3n) is 4.74. The molecule has 1 aliphatic heterocycles. The van der Waals surface area contributed by atoms with E-state index in [9.17, 15) is 14.0 Å². The lowest BCUT2D eigenvalue weighted by molar-refractivity contribution is -0.149. The smallest absolute Gasteiger partial charge is 0.343 e. The first-order valence-corrected chi connectivity index (χ1v) is 8.52. The Bertz CT molecular complexity index is 834. The number of carbonyl (C=O) groups excluding carboxylic acids is 1. The van der Waals surface area contributed by atoms with Gasteiger partial charge >= 0.3 is 5.97 Å². The Morgan fingerprint density at radius 2 is 1.81 bits per heavy atom. The number of carbonyl (C=O) groups is 2. The van der Waals surface area contributed by atoms with Crippen LogP contribution < -0.4 is 0 Å². The number of benzene rings is 1. The molecule has 0 spiro atoms. The fourth-order valence-electron chi connectivity index (χ4n) is 3.02. The van der Waals surface area contributed by atoms with Crippen molar-refractivity contribution in [2.24, 2.45) is 0 Å². The van der Waals surface area contributed by atoms with E-state index in [1.54, 1.807) is 6.07 Å². The number of amides is 1. The van der Waals surface area contributed by atoms with E-state index < -0.39 is 24.1 Å². The third kappa shape index (κ3) is 3.36. The summed E-state index contributed by atoms with van der Waals surface area (Å²) in [4.78, 5) is 24.6. The van der Waals surface area contributed by atoms with E-state index in [-0.39, 0.29) is 24.1 Å². The van der Waals surface area contributed by atoms with Crippen molar-refractivity contribution in [1.29, 1.82) is 0 Å². The van der Waals surface area contributed by atoms with Crippen LogP contribution in [0.2, 0.25) is 0 Å². The van der Waals surface area contributed by atoms with Crippen LogP contribution in [-0.2, 0) is 10.2 Å². The van der Waals surface area contributed by atoms with Gasteiger partial charge in [0.05, 0.1) is 6.54 Å². The van der Waals surface area contributed by atoms with E-state index in [1.165, 1.54) is 16.5 Å². The number of furan rings is 1. The van der Waals surface area contributed by atoms with Crippen molar-refractivity contribution in [3.8, 4) is 11.3 Å². The van der Waals surface area contributed by atoms with Crippen molar-refractivity contribution in [1.82, 2.24) is 4.90 Å². The standard InChI is InChI=1S/C20H22FNO4/c1-19(2,3)14-6-4-13(5-7-14)15-8-9-16(26-15)17(23)22-11-10-20(21,12-22)18(24)25/h4-9H,10-12H2,1-3H3,(H,24,25). The van der Waals surface area contributed by atoms with Gasteiger partial charge in [-0.25, -0.2) is 9.18 Å². The molecule has 1 aliphatic rings. The fourth-order valence-corrected chi connectivity index (χ4v) is 3.02. The van der Waals surface area contributed by atoms with Crippen molar-refractivity contribution < 1.29 is 23.5 Å². The van der Waals surface area contributed by atoms with E-state index in [0.717, 1.165) is 5.56 Å². The quantitative estimate of drug-likeness (QED) is 0.903. The molecule has 1 amide bonds. The first kappa shape index (κ1) is 18.2. The first-order valence-electron chi connectivity index (χ1n) is 8.52. The second-order valence-electron chi connectivity index (χ2n) is 7.74. The maximum absolute atomic E-state index is 14.1. The zero-order chi connectivity index (χ0) is 19.1. The molecule has 5 nitrogen and oxygen atoms in total. The van der Waals surface area contributed by atoms with Crippen molar-refractivity contribution in [2.75, 3.05) is 13.1 Å². The Hall–Kier alpha value is -2.63. The molecule has 0 radical (unpaired) electrons. The van der Waals surface area contributed by atoms with Gasteiger partial charge in [0.15, 0.2) is 5.76 Å². The summed E-state index contributed by atoms with van der Waals surface area (Å²) < 4.78 is 19.8. The minimum Gasteiger partial charge on any atom is -0.479 e. The Labute approximate surface area is 151 Å². The molecule has 6 heteroatoms. The molecule has 1 aromatic carbocycles. The van der Waals surface area contributed by atoms with Gasteiger partial charge in [-0.3, -0.25) is 4.79 Å². The van der Waals surface area contributed by atoms with Gasteiger partial charge in [0.1, 0.15) is 5.76 Å². The number of carboxylic acids is 1. The summed E-state index contributed by atoms with van der Waals surface area (Å²) in [7, 11) is 0. The van der Waals surface area contributed by atoms with Crippen LogP contribution in [0.15, 0.2) is 40.8 Å². The highest BCUT2D eigenvalue weighted by molar-refractivity contribution is 5.93. The molecule has 3 rings (SSSR count). The van der Waals surface area contributed by atoms with Gasteiger partial charge in [-0.1, -0.05) is 45.0 Å². The van der Waals surface area contributed by atoms with E-state index in [4.69, 9.17) is 9.52 Å². The highest BCUT2D eigenvalue weighted by Crippen LogP contribution is 2.30. The molecule has 1 atom stereocenters. The maximum Gasteiger partial charge on any atom is 0.343 e. The minimum atomic E-state index is -2.38. The zero-order valence-corrected chi connectivity index (χ0v) is 15.1. The average molecular weight is 359 g/mol. The molecule has 26 heavy (non-hydrogen) atoms. The third-order valence-corrected chi connectivity index (χ3v) is 4.74. The summed E-state index contributed by atoms with van der Waals surface area (Å²) in [5.41, 5.74) is -0.312. The predicted octanol–water partition coefficient (Wildman–Crippen LogP) is 3.88. The minimum absolute atomic E-state index is 0.0432. The number of halogens is 1. The molecule has 0 saturated carbocycles. The van der Waals surface area contributed by atoms with E-state index >= 15 is 0 Å². The van der Waals surface area contributed by atoms with Gasteiger partial charge in [-0.05, 0) is 23.1 Å². The Morgan fingerprint density at radius 1 is 1.15 bits per heavy atom. The van der Waals surface area contributed by atoms with Crippen LogP contribution in [-0.4, -0.2) is 40.6 Å². The molecule has 1 unspecified atom stereocenters. The molecule has 2 heterocycles. The summed E-state index contributed by atoms with van der Waals surface area (Å²) >= 11 is 0. The zero-order valence-electron chi connectivity index (χ0n) is 15.1. The van der Waals surface area contributed by atoms with Crippen molar-refractivity contribution >= 4 is 11.9 Å². The van der Waals surface area contributed by atoms with E-state index in [0.29, 0.717) is 5.76 Å². The Kier molecular flexibility index (Phi) is 4.38. The molecule has 1 N–H and O–H groups in total. The number of nitrogens with zero attached hydrogens (tertiary/aromatic N) is 1. The number of hydrogen-bond acceptors (Lipinski definition) is 3. The summed E-state index contributed by atoms with van der Waals surface area (Å²) in [5.74, 6) is -1.41. The van der Waals surface area contributed by atoms with Gasteiger partial charge < -0.3 is 14.4 Å². The molecule has 1 fully saturated rings. The first-order chi connectivity index (χ1) is 12.1. The number of alkyl halides is 1. The topological polar surface area (TPSA) is 70.8 Å². The van der Waals surface area contributed by atoms with E-state index in [1.807, 2.05) is 24.3 Å². The summed E-state index contributed by atoms with van der Waals surface area (Å²) in [6.07, 6.45) is -0.212. The molecule has 0 aliphatic carbocycles. The highest BCUT2D eigenvalue weighted by atomic mass is 19.1. The normalized spacial score (nSPS) is 20.4. The summed E-state index contributed by atoms with van der Waals surface area (Å²) in [5, 5.41) is 8.94. The molecule has 1 saturated heterocycles.